The van der Waals surface area contributed by atoms with Gasteiger partial charge in [-0.15, -0.1) is 0 Å². The lowest BCUT2D eigenvalue weighted by Gasteiger charge is -2.26. The zero-order chi connectivity index (χ0) is 26.9. The highest BCUT2D eigenvalue weighted by Gasteiger charge is 2.46. The number of hydrogen-bond donors (Lipinski definition) is 1. The van der Waals surface area contributed by atoms with Gasteiger partial charge in [-0.05, 0) is 46.9 Å². The van der Waals surface area contributed by atoms with Crippen LogP contribution in [0.3, 0.4) is 0 Å². The van der Waals surface area contributed by atoms with E-state index in [4.69, 9.17) is 32.7 Å². The van der Waals surface area contributed by atoms with Crippen LogP contribution in [-0.4, -0.2) is 35.9 Å². The van der Waals surface area contributed by atoms with Crippen molar-refractivity contribution in [3.05, 3.63) is 98.5 Å². The highest BCUT2D eigenvalue weighted by molar-refractivity contribution is 6.46. The maximum absolute atomic E-state index is 13.4. The Labute approximate surface area is 226 Å². The summed E-state index contributed by atoms with van der Waals surface area (Å²) in [6.07, 6.45) is 0. The van der Waals surface area contributed by atoms with Gasteiger partial charge in [0.15, 0.2) is 0 Å². The second kappa shape index (κ2) is 10.9. The van der Waals surface area contributed by atoms with E-state index in [0.717, 1.165) is 11.1 Å². The molecule has 0 spiro atoms. The molecule has 0 radical (unpaired) electrons. The highest BCUT2D eigenvalue weighted by atomic mass is 35.5. The van der Waals surface area contributed by atoms with Gasteiger partial charge in [-0.3, -0.25) is 9.59 Å². The number of nitrogens with zero attached hydrogens (tertiary/aromatic N) is 1. The molecule has 0 bridgehead atoms. The van der Waals surface area contributed by atoms with E-state index in [2.05, 4.69) is 13.8 Å². The number of likely N-dealkylation sites (tertiary alicyclic amines) is 1. The van der Waals surface area contributed by atoms with Crippen LogP contribution in [0.25, 0.3) is 5.76 Å². The zero-order valence-electron chi connectivity index (χ0n) is 20.9. The number of aliphatic hydroxyl groups is 1. The smallest absolute Gasteiger partial charge is 0.295 e. The molecule has 1 saturated heterocycles. The molecular weight excluding hydrogens is 513 g/mol. The Morgan fingerprint density at radius 2 is 1.62 bits per heavy atom. The number of ketones is 1. The lowest BCUT2D eigenvalue weighted by atomic mass is 9.93. The van der Waals surface area contributed by atoms with Gasteiger partial charge in [-0.1, -0.05) is 73.4 Å². The summed E-state index contributed by atoms with van der Waals surface area (Å²) < 4.78 is 10.6. The van der Waals surface area contributed by atoms with Crippen LogP contribution in [0.2, 0.25) is 10.0 Å². The van der Waals surface area contributed by atoms with E-state index >= 15 is 0 Å². The Hall–Kier alpha value is -3.48. The summed E-state index contributed by atoms with van der Waals surface area (Å²) in [5, 5.41) is 11.9. The second-order valence-corrected chi connectivity index (χ2v) is 9.91. The summed E-state index contributed by atoms with van der Waals surface area (Å²) in [6, 6.07) is 17.0. The molecule has 1 fully saturated rings. The minimum atomic E-state index is -0.842. The third kappa shape index (κ3) is 5.17. The van der Waals surface area contributed by atoms with Crippen LogP contribution in [0.4, 0.5) is 0 Å². The molecule has 1 N–H and O–H groups in total. The van der Waals surface area contributed by atoms with Gasteiger partial charge in [0, 0.05) is 11.6 Å². The monoisotopic (exact) mass is 539 g/mol. The number of ether oxygens (including phenoxy) is 2. The molecule has 4 rings (SSSR count). The molecule has 1 heterocycles. The molecular formula is C29H27Cl2NO5. The van der Waals surface area contributed by atoms with Crippen molar-refractivity contribution in [1.29, 1.82) is 0 Å². The van der Waals surface area contributed by atoms with Crippen molar-refractivity contribution < 1.29 is 24.2 Å². The average Bonchev–Trinajstić information content (AvgIpc) is 3.13. The van der Waals surface area contributed by atoms with Gasteiger partial charge in [0.2, 0.25) is 0 Å². The van der Waals surface area contributed by atoms with Crippen molar-refractivity contribution >= 4 is 40.7 Å². The molecule has 1 aliphatic heterocycles. The summed E-state index contributed by atoms with van der Waals surface area (Å²) in [7, 11) is 2.97. The molecule has 0 saturated carbocycles. The van der Waals surface area contributed by atoms with Crippen LogP contribution in [0, 0.1) is 0 Å². The lowest BCUT2D eigenvalue weighted by Crippen LogP contribution is -2.29. The van der Waals surface area contributed by atoms with Gasteiger partial charge < -0.3 is 19.5 Å². The number of carbonyl (C=O) groups is 2. The van der Waals surface area contributed by atoms with E-state index in [9.17, 15) is 14.7 Å². The number of rotatable bonds is 7. The van der Waals surface area contributed by atoms with Gasteiger partial charge in [-0.2, -0.15) is 0 Å². The maximum Gasteiger partial charge on any atom is 0.295 e. The summed E-state index contributed by atoms with van der Waals surface area (Å²) in [6.45, 7) is 4.31. The number of hydrogen-bond acceptors (Lipinski definition) is 5. The molecule has 3 aromatic carbocycles. The molecule has 192 valence electrons. The molecule has 8 heteroatoms. The Morgan fingerprint density at radius 1 is 0.973 bits per heavy atom. The number of Topliss-reactive ketones (excluding diaryl/α,β-unsaturated/α-hetero) is 1. The average molecular weight is 540 g/mol. The fourth-order valence-corrected chi connectivity index (χ4v) is 5.04. The van der Waals surface area contributed by atoms with Crippen LogP contribution >= 0.6 is 23.2 Å². The van der Waals surface area contributed by atoms with E-state index in [-0.39, 0.29) is 33.5 Å². The molecule has 0 aromatic heterocycles. The Balaban J connectivity index is 1.89. The third-order valence-electron chi connectivity index (χ3n) is 6.44. The standard InChI is InChI=1S/C29H27Cl2NO5/c1-16(2)18-7-9-19(10-8-18)25-24(26(33)22-13-20(30)14-23(31)28(22)37-4)27(34)29(35)32(25)15-17-5-11-21(36-3)12-6-17/h5-14,16,25,33H,15H2,1-4H3/b26-24+. The van der Waals surface area contributed by atoms with E-state index in [1.54, 1.807) is 19.2 Å². The Morgan fingerprint density at radius 3 is 2.19 bits per heavy atom. The van der Waals surface area contributed by atoms with Crippen molar-refractivity contribution in [2.45, 2.75) is 32.4 Å². The normalized spacial score (nSPS) is 16.9. The fraction of sp³-hybridized carbons (Fsp3) is 0.241. The second-order valence-electron chi connectivity index (χ2n) is 9.06. The molecule has 3 aromatic rings. The van der Waals surface area contributed by atoms with Gasteiger partial charge in [0.1, 0.15) is 17.3 Å². The quantitative estimate of drug-likeness (QED) is 0.204. The highest BCUT2D eigenvalue weighted by Crippen LogP contribution is 2.44. The maximum atomic E-state index is 13.4. The lowest BCUT2D eigenvalue weighted by molar-refractivity contribution is -0.140. The van der Waals surface area contributed by atoms with Crippen LogP contribution < -0.4 is 9.47 Å². The molecule has 1 atom stereocenters. The molecule has 37 heavy (non-hydrogen) atoms. The fourth-order valence-electron chi connectivity index (χ4n) is 4.47. The zero-order valence-corrected chi connectivity index (χ0v) is 22.4. The van der Waals surface area contributed by atoms with E-state index in [1.807, 2.05) is 36.4 Å². The van der Waals surface area contributed by atoms with Gasteiger partial charge in [0.25, 0.3) is 11.7 Å². The summed E-state index contributed by atoms with van der Waals surface area (Å²) in [5.41, 5.74) is 2.67. The number of methoxy groups -OCH3 is 2. The molecule has 1 amide bonds. The van der Waals surface area contributed by atoms with Crippen molar-refractivity contribution in [2.24, 2.45) is 0 Å². The first kappa shape index (κ1) is 26.6. The van der Waals surface area contributed by atoms with Crippen LogP contribution in [0.5, 0.6) is 11.5 Å². The van der Waals surface area contributed by atoms with Gasteiger partial charge >= 0.3 is 0 Å². The first-order chi connectivity index (χ1) is 17.7. The molecule has 1 unspecified atom stereocenters. The first-order valence-corrected chi connectivity index (χ1v) is 12.5. The number of halogens is 2. The predicted molar refractivity (Wildman–Crippen MR) is 144 cm³/mol. The molecule has 6 nitrogen and oxygen atoms in total. The largest absolute Gasteiger partial charge is 0.507 e. The van der Waals surface area contributed by atoms with Crippen LogP contribution in [-0.2, 0) is 16.1 Å². The van der Waals surface area contributed by atoms with Crippen LogP contribution in [0.1, 0.15) is 48.1 Å². The third-order valence-corrected chi connectivity index (χ3v) is 6.94. The minimum Gasteiger partial charge on any atom is -0.507 e. The number of aliphatic hydroxyl groups excluding tert-OH is 1. The number of carbonyl (C=O) groups excluding carboxylic acids is 2. The minimum absolute atomic E-state index is 0.0626. The first-order valence-electron chi connectivity index (χ1n) is 11.7. The summed E-state index contributed by atoms with van der Waals surface area (Å²) in [5.74, 6) is -0.799. The van der Waals surface area contributed by atoms with E-state index < -0.39 is 23.5 Å². The van der Waals surface area contributed by atoms with Crippen molar-refractivity contribution in [1.82, 2.24) is 4.90 Å². The van der Waals surface area contributed by atoms with E-state index in [0.29, 0.717) is 17.2 Å². The predicted octanol–water partition coefficient (Wildman–Crippen LogP) is 6.76. The van der Waals surface area contributed by atoms with Gasteiger partial charge in [0.05, 0.1) is 36.4 Å². The van der Waals surface area contributed by atoms with Gasteiger partial charge in [-0.25, -0.2) is 0 Å². The summed E-state index contributed by atoms with van der Waals surface area (Å²) in [4.78, 5) is 28.2. The molecule has 0 aliphatic carbocycles. The molecule has 1 aliphatic rings. The van der Waals surface area contributed by atoms with E-state index in [1.165, 1.54) is 24.1 Å². The Bertz CT molecular complexity index is 1360. The summed E-state index contributed by atoms with van der Waals surface area (Å²) >= 11 is 12.5. The Kier molecular flexibility index (Phi) is 7.81. The SMILES string of the molecule is COc1ccc(CN2C(=O)C(=O)/C(=C(/O)c3cc(Cl)cc(Cl)c3OC)C2c2ccc(C(C)C)cc2)cc1. The van der Waals surface area contributed by atoms with Crippen LogP contribution in [0.15, 0.2) is 66.2 Å². The number of amides is 1. The topological polar surface area (TPSA) is 76.1 Å². The number of benzene rings is 3. The van der Waals surface area contributed by atoms with Crippen molar-refractivity contribution in [2.75, 3.05) is 14.2 Å². The van der Waals surface area contributed by atoms with Crippen molar-refractivity contribution in [3.63, 3.8) is 0 Å². The van der Waals surface area contributed by atoms with Crippen molar-refractivity contribution in [3.8, 4) is 11.5 Å².